The van der Waals surface area contributed by atoms with Gasteiger partial charge in [0.25, 0.3) is 0 Å². The molecule has 1 fully saturated rings. The Morgan fingerprint density at radius 3 is 2.11 bits per heavy atom. The maximum absolute atomic E-state index is 12.4. The van der Waals surface area contributed by atoms with Crippen LogP contribution in [0.5, 0.6) is 0 Å². The first-order valence-electron chi connectivity index (χ1n) is 9.09. The second kappa shape index (κ2) is 9.98. The van der Waals surface area contributed by atoms with Crippen LogP contribution in [0.2, 0.25) is 0 Å². The lowest BCUT2D eigenvalue weighted by Gasteiger charge is -2.36. The van der Waals surface area contributed by atoms with E-state index in [0.29, 0.717) is 31.5 Å². The Hall–Kier alpha value is -1.75. The quantitative estimate of drug-likeness (QED) is 0.650. The number of benzene rings is 2. The molecule has 0 unspecified atom stereocenters. The van der Waals surface area contributed by atoms with Gasteiger partial charge in [-0.05, 0) is 28.8 Å². The van der Waals surface area contributed by atoms with E-state index in [1.165, 1.54) is 0 Å². The lowest BCUT2D eigenvalue weighted by atomic mass is 10.1. The second-order valence-electron chi connectivity index (χ2n) is 6.62. The highest BCUT2D eigenvalue weighted by Gasteiger charge is 2.21. The zero-order chi connectivity index (χ0) is 19.1. The molecular weight excluding hydrogens is 383 g/mol. The summed E-state index contributed by atoms with van der Waals surface area (Å²) in [5.74, 6) is 0.977. The summed E-state index contributed by atoms with van der Waals surface area (Å²) in [6.07, 6.45) is 0. The number of carbonyl (C=O) groups excluding carboxylic acids is 1. The van der Waals surface area contributed by atoms with Gasteiger partial charge in [-0.2, -0.15) is 0 Å². The van der Waals surface area contributed by atoms with Crippen molar-refractivity contribution < 1.29 is 9.53 Å². The fourth-order valence-electron chi connectivity index (χ4n) is 3.22. The molecule has 1 aliphatic rings. The lowest BCUT2D eigenvalue weighted by molar-refractivity contribution is -0.136. The molecule has 144 valence electrons. The number of alkyl halides is 2. The van der Waals surface area contributed by atoms with E-state index in [1.54, 1.807) is 0 Å². The molecule has 2 aromatic carbocycles. The van der Waals surface area contributed by atoms with E-state index in [-0.39, 0.29) is 12.5 Å². The number of hydrogen-bond acceptors (Lipinski definition) is 3. The number of halogens is 2. The van der Waals surface area contributed by atoms with Crippen LogP contribution in [0.15, 0.2) is 48.5 Å². The van der Waals surface area contributed by atoms with Gasteiger partial charge in [0.2, 0.25) is 5.91 Å². The van der Waals surface area contributed by atoms with E-state index < -0.39 is 0 Å². The van der Waals surface area contributed by atoms with Crippen LogP contribution in [0.4, 0.5) is 5.69 Å². The summed E-state index contributed by atoms with van der Waals surface area (Å²) in [4.78, 5) is 16.5. The van der Waals surface area contributed by atoms with Crippen molar-refractivity contribution in [3.05, 3.63) is 65.2 Å². The normalized spacial score (nSPS) is 14.4. The molecular formula is C21H24Cl2N2O2. The van der Waals surface area contributed by atoms with Crippen LogP contribution >= 0.6 is 23.2 Å². The van der Waals surface area contributed by atoms with Crippen molar-refractivity contribution >= 4 is 34.8 Å². The zero-order valence-corrected chi connectivity index (χ0v) is 16.8. The monoisotopic (exact) mass is 406 g/mol. The molecule has 0 bridgehead atoms. The maximum atomic E-state index is 12.4. The molecule has 3 rings (SSSR count). The minimum atomic E-state index is 0.0431. The van der Waals surface area contributed by atoms with Crippen molar-refractivity contribution in [1.82, 2.24) is 4.90 Å². The Morgan fingerprint density at radius 2 is 1.52 bits per heavy atom. The lowest BCUT2D eigenvalue weighted by Crippen LogP contribution is -2.49. The van der Waals surface area contributed by atoms with Gasteiger partial charge < -0.3 is 14.5 Å². The molecule has 4 nitrogen and oxygen atoms in total. The van der Waals surface area contributed by atoms with Crippen molar-refractivity contribution in [2.75, 3.05) is 37.7 Å². The number of rotatable bonds is 7. The summed E-state index contributed by atoms with van der Waals surface area (Å²) in [6.45, 7) is 3.53. The molecule has 27 heavy (non-hydrogen) atoms. The molecule has 0 atom stereocenters. The van der Waals surface area contributed by atoms with Crippen molar-refractivity contribution in [2.45, 2.75) is 18.4 Å². The van der Waals surface area contributed by atoms with E-state index in [4.69, 9.17) is 27.9 Å². The molecule has 0 spiro atoms. The van der Waals surface area contributed by atoms with Crippen LogP contribution in [0, 0.1) is 0 Å². The highest BCUT2D eigenvalue weighted by atomic mass is 35.5. The van der Waals surface area contributed by atoms with Gasteiger partial charge in [-0.15, -0.1) is 23.2 Å². The predicted molar refractivity (Wildman–Crippen MR) is 110 cm³/mol. The van der Waals surface area contributed by atoms with E-state index in [1.807, 2.05) is 41.3 Å². The van der Waals surface area contributed by atoms with Crippen molar-refractivity contribution in [3.63, 3.8) is 0 Å². The third-order valence-electron chi connectivity index (χ3n) is 4.68. The van der Waals surface area contributed by atoms with Gasteiger partial charge in [-0.25, -0.2) is 0 Å². The van der Waals surface area contributed by atoms with Crippen LogP contribution in [0.1, 0.15) is 16.7 Å². The van der Waals surface area contributed by atoms with Crippen LogP contribution in [0.25, 0.3) is 0 Å². The Balaban J connectivity index is 1.49. The largest absolute Gasteiger partial charge is 0.368 e. The van der Waals surface area contributed by atoms with Crippen molar-refractivity contribution in [1.29, 1.82) is 0 Å². The average Bonchev–Trinajstić information content (AvgIpc) is 2.74. The Kier molecular flexibility index (Phi) is 7.39. The Labute approximate surface area is 170 Å². The number of carbonyl (C=O) groups is 1. The van der Waals surface area contributed by atoms with Crippen LogP contribution in [-0.2, 0) is 27.9 Å². The second-order valence-corrected chi connectivity index (χ2v) is 7.16. The third-order valence-corrected chi connectivity index (χ3v) is 5.30. The van der Waals surface area contributed by atoms with Crippen molar-refractivity contribution in [3.8, 4) is 0 Å². The molecule has 0 N–H and O–H groups in total. The van der Waals surface area contributed by atoms with Gasteiger partial charge in [0, 0.05) is 43.6 Å². The zero-order valence-electron chi connectivity index (χ0n) is 15.2. The Bertz CT molecular complexity index is 725. The first kappa shape index (κ1) is 20.0. The summed E-state index contributed by atoms with van der Waals surface area (Å²) in [5, 5.41) is 0. The molecule has 0 aliphatic carbocycles. The number of amides is 1. The van der Waals surface area contributed by atoms with Gasteiger partial charge >= 0.3 is 0 Å². The average molecular weight is 407 g/mol. The van der Waals surface area contributed by atoms with E-state index in [2.05, 4.69) is 17.0 Å². The van der Waals surface area contributed by atoms with Crippen molar-refractivity contribution in [2.24, 2.45) is 0 Å². The highest BCUT2D eigenvalue weighted by Crippen LogP contribution is 2.23. The number of anilines is 1. The molecule has 6 heteroatoms. The van der Waals surface area contributed by atoms with Gasteiger partial charge in [0.1, 0.15) is 6.61 Å². The number of nitrogens with zero attached hydrogens (tertiary/aromatic N) is 2. The van der Waals surface area contributed by atoms with Crippen LogP contribution in [0.3, 0.4) is 0 Å². The molecule has 0 saturated carbocycles. The first-order chi connectivity index (χ1) is 13.2. The Morgan fingerprint density at radius 1 is 0.889 bits per heavy atom. The molecule has 0 aromatic heterocycles. The third kappa shape index (κ3) is 5.61. The SMILES string of the molecule is O=C(COCc1ccccc1)N1CCN(c2cc(CCl)cc(CCl)c2)CC1. The molecule has 1 saturated heterocycles. The fraction of sp³-hybridized carbons (Fsp3) is 0.381. The van der Waals surface area contributed by atoms with Gasteiger partial charge in [0.05, 0.1) is 6.61 Å². The fourth-order valence-corrected chi connectivity index (χ4v) is 3.52. The van der Waals surface area contributed by atoms with E-state index >= 15 is 0 Å². The standard InChI is InChI=1S/C21H24Cl2N2O2/c22-13-18-10-19(14-23)12-20(11-18)24-6-8-25(9-7-24)21(26)16-27-15-17-4-2-1-3-5-17/h1-5,10-12H,6-9,13-16H2. The van der Waals surface area contributed by atoms with Gasteiger partial charge in [-0.3, -0.25) is 4.79 Å². The molecule has 2 aromatic rings. The number of hydrogen-bond donors (Lipinski definition) is 0. The molecule has 1 aliphatic heterocycles. The summed E-state index contributed by atoms with van der Waals surface area (Å²) in [6, 6.07) is 16.1. The molecule has 0 radical (unpaired) electrons. The molecule has 1 heterocycles. The minimum absolute atomic E-state index is 0.0431. The maximum Gasteiger partial charge on any atom is 0.248 e. The van der Waals surface area contributed by atoms with Crippen LogP contribution in [-0.4, -0.2) is 43.6 Å². The summed E-state index contributed by atoms with van der Waals surface area (Å²) >= 11 is 12.0. The van der Waals surface area contributed by atoms with E-state index in [0.717, 1.165) is 35.5 Å². The summed E-state index contributed by atoms with van der Waals surface area (Å²) < 4.78 is 5.57. The summed E-state index contributed by atoms with van der Waals surface area (Å²) in [7, 11) is 0. The summed E-state index contributed by atoms with van der Waals surface area (Å²) in [5.41, 5.74) is 4.33. The smallest absolute Gasteiger partial charge is 0.248 e. The van der Waals surface area contributed by atoms with Crippen LogP contribution < -0.4 is 4.90 Å². The van der Waals surface area contributed by atoms with E-state index in [9.17, 15) is 4.79 Å². The minimum Gasteiger partial charge on any atom is -0.368 e. The number of ether oxygens (including phenoxy) is 1. The highest BCUT2D eigenvalue weighted by molar-refractivity contribution is 6.17. The number of piperazine rings is 1. The topological polar surface area (TPSA) is 32.8 Å². The van der Waals surface area contributed by atoms with Gasteiger partial charge in [0.15, 0.2) is 0 Å². The first-order valence-corrected chi connectivity index (χ1v) is 10.2. The van der Waals surface area contributed by atoms with Gasteiger partial charge in [-0.1, -0.05) is 36.4 Å². The predicted octanol–water partition coefficient (Wildman–Crippen LogP) is 4.03. The molecule has 1 amide bonds.